The molecular weight excluding hydrogens is 487 g/mol. The lowest BCUT2D eigenvalue weighted by Gasteiger charge is -2.42. The number of likely N-dealkylation sites (N-methyl/N-ethyl adjacent to an activating group) is 1. The zero-order valence-electron chi connectivity index (χ0n) is 21.5. The minimum absolute atomic E-state index is 0. The fourth-order valence-corrected chi connectivity index (χ4v) is 5.39. The minimum atomic E-state index is -0.0918. The first-order valence-electron chi connectivity index (χ1n) is 12.9. The van der Waals surface area contributed by atoms with Crippen LogP contribution in [0, 0.1) is 0 Å². The molecule has 0 spiro atoms. The number of halogens is 2. The van der Waals surface area contributed by atoms with Crippen molar-refractivity contribution in [1.82, 2.24) is 19.7 Å². The van der Waals surface area contributed by atoms with E-state index in [1.165, 1.54) is 38.5 Å². The van der Waals surface area contributed by atoms with Crippen molar-refractivity contribution in [2.24, 2.45) is 0 Å². The van der Waals surface area contributed by atoms with Crippen LogP contribution in [0.4, 0.5) is 0 Å². The Kier molecular flexibility index (Phi) is 17.2. The van der Waals surface area contributed by atoms with Crippen molar-refractivity contribution in [3.8, 4) is 0 Å². The van der Waals surface area contributed by atoms with Crippen LogP contribution in [-0.2, 0) is 4.79 Å². The van der Waals surface area contributed by atoms with Gasteiger partial charge in [0.2, 0.25) is 5.91 Å². The summed E-state index contributed by atoms with van der Waals surface area (Å²) in [6.07, 6.45) is 15.1. The maximum absolute atomic E-state index is 13.8. The molecule has 0 aliphatic heterocycles. The van der Waals surface area contributed by atoms with Crippen molar-refractivity contribution >= 4 is 36.6 Å². The van der Waals surface area contributed by atoms with E-state index in [2.05, 4.69) is 28.6 Å². The summed E-state index contributed by atoms with van der Waals surface area (Å²) in [5.74, 6) is 0.0476. The lowest BCUT2D eigenvalue weighted by Crippen LogP contribution is -2.53. The predicted molar refractivity (Wildman–Crippen MR) is 147 cm³/mol. The number of nitrogens with zero attached hydrogens (tertiary/aromatic N) is 4. The Morgan fingerprint density at radius 2 is 1.43 bits per heavy atom. The van der Waals surface area contributed by atoms with Gasteiger partial charge < -0.3 is 20.2 Å². The summed E-state index contributed by atoms with van der Waals surface area (Å²) in [5, 5.41) is 0. The van der Waals surface area contributed by atoms with E-state index in [-0.39, 0.29) is 48.6 Å². The molecule has 7 nitrogen and oxygen atoms in total. The van der Waals surface area contributed by atoms with Crippen LogP contribution in [0.5, 0.6) is 0 Å². The molecule has 1 heterocycles. The lowest BCUT2D eigenvalue weighted by atomic mass is 9.88. The third-order valence-electron chi connectivity index (χ3n) is 7.33. The summed E-state index contributed by atoms with van der Waals surface area (Å²) in [4.78, 5) is 37.5. The Labute approximate surface area is 224 Å². The molecule has 2 amide bonds. The molecule has 0 atom stereocenters. The molecule has 2 aliphatic rings. The number of amides is 2. The minimum Gasteiger partial charge on any atom is -0.412 e. The summed E-state index contributed by atoms with van der Waals surface area (Å²) in [6.45, 7) is 7.66. The molecular formula is C26H46Cl2N4O3. The second kappa shape index (κ2) is 17.9. The molecule has 0 unspecified atom stereocenters. The molecule has 1 aromatic rings. The number of aromatic nitrogens is 1. The first kappa shape index (κ1) is 33.6. The lowest BCUT2D eigenvalue weighted by molar-refractivity contribution is -0.138. The first-order valence-corrected chi connectivity index (χ1v) is 12.9. The van der Waals surface area contributed by atoms with E-state index in [4.69, 9.17) is 0 Å². The van der Waals surface area contributed by atoms with E-state index in [9.17, 15) is 9.59 Å². The number of hydrogen-bond acceptors (Lipinski definition) is 4. The molecule has 2 N–H and O–H groups in total. The fraction of sp³-hybridized carbons (Fsp3) is 0.731. The van der Waals surface area contributed by atoms with Gasteiger partial charge in [-0.15, -0.1) is 24.8 Å². The van der Waals surface area contributed by atoms with Crippen molar-refractivity contribution < 1.29 is 15.1 Å². The summed E-state index contributed by atoms with van der Waals surface area (Å²) in [6, 6.07) is 4.27. The molecule has 2 aliphatic carbocycles. The van der Waals surface area contributed by atoms with Gasteiger partial charge in [-0.25, -0.2) is 0 Å². The Morgan fingerprint density at radius 3 is 1.89 bits per heavy atom. The number of rotatable bonds is 10. The van der Waals surface area contributed by atoms with Crippen molar-refractivity contribution in [1.29, 1.82) is 0 Å². The molecule has 9 heteroatoms. The second-order valence-electron chi connectivity index (χ2n) is 9.38. The van der Waals surface area contributed by atoms with Crippen molar-refractivity contribution in [3.63, 3.8) is 0 Å². The van der Waals surface area contributed by atoms with Gasteiger partial charge in [-0.2, -0.15) is 0 Å². The molecule has 2 fully saturated rings. The quantitative estimate of drug-likeness (QED) is 0.447. The van der Waals surface area contributed by atoms with E-state index in [0.717, 1.165) is 45.3 Å². The van der Waals surface area contributed by atoms with Crippen molar-refractivity contribution in [2.75, 3.05) is 32.7 Å². The van der Waals surface area contributed by atoms with E-state index >= 15 is 0 Å². The molecule has 0 bridgehead atoms. The highest BCUT2D eigenvalue weighted by Gasteiger charge is 2.34. The highest BCUT2D eigenvalue weighted by atomic mass is 35.5. The zero-order chi connectivity index (χ0) is 22.8. The molecule has 0 radical (unpaired) electrons. The zero-order valence-corrected chi connectivity index (χ0v) is 23.1. The Balaban J connectivity index is 0.00000385. The number of carbonyl (C=O) groups is 2. The number of carbonyl (C=O) groups excluding carboxylic acids is 2. The maximum Gasteiger partial charge on any atom is 0.255 e. The third-order valence-corrected chi connectivity index (χ3v) is 7.33. The van der Waals surface area contributed by atoms with Gasteiger partial charge in [0.1, 0.15) is 6.54 Å². The monoisotopic (exact) mass is 532 g/mol. The predicted octanol–water partition coefficient (Wildman–Crippen LogP) is 4.38. The summed E-state index contributed by atoms with van der Waals surface area (Å²) in [7, 11) is 0. The van der Waals surface area contributed by atoms with E-state index in [0.29, 0.717) is 24.2 Å². The maximum atomic E-state index is 13.8. The average Bonchev–Trinajstić information content (AvgIpc) is 2.85. The van der Waals surface area contributed by atoms with Crippen LogP contribution in [0.2, 0.25) is 0 Å². The van der Waals surface area contributed by atoms with E-state index in [1.807, 2.05) is 0 Å². The number of hydrogen-bond donors (Lipinski definition) is 0. The topological polar surface area (TPSA) is 88.2 Å². The van der Waals surface area contributed by atoms with Crippen LogP contribution in [-0.4, -0.2) is 81.8 Å². The molecule has 2 saturated carbocycles. The van der Waals surface area contributed by atoms with Gasteiger partial charge in [0.05, 0.1) is 5.56 Å². The molecule has 0 aromatic carbocycles. The Hall–Kier alpha value is -1.41. The van der Waals surface area contributed by atoms with Crippen LogP contribution in [0.1, 0.15) is 88.4 Å². The smallest absolute Gasteiger partial charge is 0.255 e. The van der Waals surface area contributed by atoms with Gasteiger partial charge in [-0.3, -0.25) is 14.6 Å². The van der Waals surface area contributed by atoms with Gasteiger partial charge >= 0.3 is 0 Å². The standard InChI is InChI=1S/C26H42N4O2.2ClH.H2O/c1-3-28(4-2)18-19-29(26(32)22-12-11-17-27-20-22)21-25(31)30(23-13-7-5-8-14-23)24-15-9-6-10-16-24;;;/h11-12,17,20,23-24H,3-10,13-16,18-19,21H2,1-2H3;2*1H;1H2. The van der Waals surface area contributed by atoms with Crippen LogP contribution in [0.3, 0.4) is 0 Å². The van der Waals surface area contributed by atoms with Crippen molar-refractivity contribution in [3.05, 3.63) is 30.1 Å². The van der Waals surface area contributed by atoms with Gasteiger partial charge in [-0.05, 0) is 50.9 Å². The molecule has 3 rings (SSSR count). The number of pyridine rings is 1. The summed E-state index contributed by atoms with van der Waals surface area (Å²) >= 11 is 0. The van der Waals surface area contributed by atoms with Crippen LogP contribution < -0.4 is 0 Å². The van der Waals surface area contributed by atoms with E-state index in [1.54, 1.807) is 29.4 Å². The van der Waals surface area contributed by atoms with Crippen LogP contribution in [0.15, 0.2) is 24.5 Å². The summed E-state index contributed by atoms with van der Waals surface area (Å²) in [5.41, 5.74) is 0.557. The second-order valence-corrected chi connectivity index (χ2v) is 9.38. The first-order chi connectivity index (χ1) is 15.6. The van der Waals surface area contributed by atoms with Gasteiger partial charge in [0.15, 0.2) is 0 Å². The highest BCUT2D eigenvalue weighted by molar-refractivity contribution is 5.96. The Bertz CT molecular complexity index is 692. The fourth-order valence-electron chi connectivity index (χ4n) is 5.39. The Morgan fingerprint density at radius 1 is 0.886 bits per heavy atom. The van der Waals surface area contributed by atoms with E-state index < -0.39 is 0 Å². The van der Waals surface area contributed by atoms with Gasteiger partial charge in [0.25, 0.3) is 5.91 Å². The van der Waals surface area contributed by atoms with Crippen LogP contribution >= 0.6 is 24.8 Å². The van der Waals surface area contributed by atoms with Gasteiger partial charge in [-0.1, -0.05) is 52.4 Å². The third kappa shape index (κ3) is 9.87. The SMILES string of the molecule is CCN(CC)CCN(CC(=O)N(C1CCCCC1)C1CCCCC1)C(=O)c1cccnc1.Cl.Cl.O. The normalized spacial score (nSPS) is 16.4. The van der Waals surface area contributed by atoms with Crippen LogP contribution in [0.25, 0.3) is 0 Å². The van der Waals surface area contributed by atoms with Crippen molar-refractivity contribution in [2.45, 2.75) is 90.1 Å². The highest BCUT2D eigenvalue weighted by Crippen LogP contribution is 2.30. The average molecular weight is 534 g/mol. The molecule has 202 valence electrons. The molecule has 35 heavy (non-hydrogen) atoms. The largest absolute Gasteiger partial charge is 0.412 e. The molecule has 0 saturated heterocycles. The summed E-state index contributed by atoms with van der Waals surface area (Å²) < 4.78 is 0. The van der Waals surface area contributed by atoms with Gasteiger partial charge in [0, 0.05) is 37.6 Å². The molecule has 1 aromatic heterocycles.